The molecular formula is C11H12N2S. The number of rotatable bonds is 2. The predicted octanol–water partition coefficient (Wildman–Crippen LogP) is 2.58. The van der Waals surface area contributed by atoms with E-state index in [1.54, 1.807) is 11.3 Å². The average molecular weight is 204 g/mol. The minimum Gasteiger partial charge on any atom is -0.326 e. The van der Waals surface area contributed by atoms with Gasteiger partial charge in [0, 0.05) is 17.5 Å². The van der Waals surface area contributed by atoms with Gasteiger partial charge in [-0.1, -0.05) is 12.1 Å². The number of nitrogens with two attached hydrogens (primary N) is 1. The number of benzene rings is 1. The predicted molar refractivity (Wildman–Crippen MR) is 60.2 cm³/mol. The third-order valence-corrected chi connectivity index (χ3v) is 2.83. The molecule has 2 nitrogen and oxygen atoms in total. The number of hydrogen-bond acceptors (Lipinski definition) is 3. The molecule has 1 heterocycles. The fraction of sp³-hybridized carbons (Fsp3) is 0.182. The zero-order chi connectivity index (χ0) is 9.97. The van der Waals surface area contributed by atoms with Gasteiger partial charge in [-0.05, 0) is 24.1 Å². The highest BCUT2D eigenvalue weighted by Crippen LogP contribution is 2.24. The smallest absolute Gasteiger partial charge is 0.0813 e. The standard InChI is InChI=1S/C11H12N2S/c1-8-2-3-9(5-12)4-10(8)11-6-14-7-13-11/h2-4,6-7H,5,12H2,1H3. The van der Waals surface area contributed by atoms with Crippen LogP contribution >= 0.6 is 11.3 Å². The van der Waals surface area contributed by atoms with E-state index in [1.165, 1.54) is 11.1 Å². The van der Waals surface area contributed by atoms with Crippen LogP contribution < -0.4 is 5.73 Å². The van der Waals surface area contributed by atoms with Crippen molar-refractivity contribution >= 4 is 11.3 Å². The van der Waals surface area contributed by atoms with Crippen LogP contribution in [0.2, 0.25) is 0 Å². The van der Waals surface area contributed by atoms with Gasteiger partial charge in [0.25, 0.3) is 0 Å². The summed E-state index contributed by atoms with van der Waals surface area (Å²) in [6.45, 7) is 2.67. The molecule has 72 valence electrons. The van der Waals surface area contributed by atoms with Crippen molar-refractivity contribution in [2.24, 2.45) is 5.73 Å². The molecule has 14 heavy (non-hydrogen) atoms. The summed E-state index contributed by atoms with van der Waals surface area (Å²) in [5.74, 6) is 0. The van der Waals surface area contributed by atoms with Crippen molar-refractivity contribution in [2.75, 3.05) is 0 Å². The number of hydrogen-bond donors (Lipinski definition) is 1. The van der Waals surface area contributed by atoms with E-state index >= 15 is 0 Å². The molecule has 0 fully saturated rings. The van der Waals surface area contributed by atoms with Crippen LogP contribution in [0.1, 0.15) is 11.1 Å². The number of aromatic nitrogens is 1. The van der Waals surface area contributed by atoms with Gasteiger partial charge in [0.15, 0.2) is 0 Å². The molecule has 1 aromatic carbocycles. The molecule has 2 rings (SSSR count). The Bertz CT molecular complexity index is 421. The molecule has 0 saturated heterocycles. The second kappa shape index (κ2) is 3.90. The molecule has 0 aliphatic carbocycles. The first kappa shape index (κ1) is 9.37. The summed E-state index contributed by atoms with van der Waals surface area (Å²) >= 11 is 1.61. The highest BCUT2D eigenvalue weighted by molar-refractivity contribution is 7.07. The molecule has 0 radical (unpaired) electrons. The number of thiazole rings is 1. The first-order valence-electron chi connectivity index (χ1n) is 4.49. The summed E-state index contributed by atoms with van der Waals surface area (Å²) in [5.41, 5.74) is 12.1. The molecule has 0 atom stereocenters. The van der Waals surface area contributed by atoms with Gasteiger partial charge in [-0.15, -0.1) is 11.3 Å². The van der Waals surface area contributed by atoms with Crippen LogP contribution in [0.3, 0.4) is 0 Å². The van der Waals surface area contributed by atoms with E-state index < -0.39 is 0 Å². The topological polar surface area (TPSA) is 38.9 Å². The van der Waals surface area contributed by atoms with Gasteiger partial charge in [-0.2, -0.15) is 0 Å². The minimum absolute atomic E-state index is 0.581. The monoisotopic (exact) mass is 204 g/mol. The third kappa shape index (κ3) is 1.69. The van der Waals surface area contributed by atoms with Gasteiger partial charge < -0.3 is 5.73 Å². The third-order valence-electron chi connectivity index (χ3n) is 2.25. The van der Waals surface area contributed by atoms with Crippen molar-refractivity contribution in [3.05, 3.63) is 40.2 Å². The van der Waals surface area contributed by atoms with Crippen LogP contribution in [0.5, 0.6) is 0 Å². The average Bonchev–Trinajstić information content (AvgIpc) is 2.71. The highest BCUT2D eigenvalue weighted by Gasteiger charge is 2.04. The molecule has 0 aliphatic heterocycles. The molecular weight excluding hydrogens is 192 g/mol. The van der Waals surface area contributed by atoms with E-state index in [2.05, 4.69) is 35.5 Å². The molecule has 0 saturated carbocycles. The van der Waals surface area contributed by atoms with Gasteiger partial charge in [-0.25, -0.2) is 4.98 Å². The summed E-state index contributed by atoms with van der Waals surface area (Å²) in [5, 5.41) is 2.06. The van der Waals surface area contributed by atoms with Gasteiger partial charge in [-0.3, -0.25) is 0 Å². The summed E-state index contributed by atoms with van der Waals surface area (Å²) in [6.07, 6.45) is 0. The Morgan fingerprint density at radius 3 is 2.93 bits per heavy atom. The van der Waals surface area contributed by atoms with E-state index in [4.69, 9.17) is 5.73 Å². The van der Waals surface area contributed by atoms with Gasteiger partial charge in [0.2, 0.25) is 0 Å². The number of aryl methyl sites for hydroxylation is 1. The quantitative estimate of drug-likeness (QED) is 0.816. The Labute approximate surface area is 87.4 Å². The summed E-state index contributed by atoms with van der Waals surface area (Å²) in [6, 6.07) is 6.27. The lowest BCUT2D eigenvalue weighted by atomic mass is 10.0. The second-order valence-electron chi connectivity index (χ2n) is 3.23. The molecule has 0 amide bonds. The van der Waals surface area contributed by atoms with Crippen LogP contribution in [0.15, 0.2) is 29.1 Å². The lowest BCUT2D eigenvalue weighted by Gasteiger charge is -2.04. The molecule has 0 aliphatic rings. The van der Waals surface area contributed by atoms with E-state index in [0.29, 0.717) is 6.54 Å². The van der Waals surface area contributed by atoms with Crippen LogP contribution in [-0.2, 0) is 6.54 Å². The molecule has 0 bridgehead atoms. The van der Waals surface area contributed by atoms with Crippen LogP contribution in [0.4, 0.5) is 0 Å². The first-order valence-corrected chi connectivity index (χ1v) is 5.43. The molecule has 0 unspecified atom stereocenters. The van der Waals surface area contributed by atoms with Gasteiger partial charge in [0.05, 0.1) is 11.2 Å². The molecule has 2 N–H and O–H groups in total. The Kier molecular flexibility index (Phi) is 2.61. The van der Waals surface area contributed by atoms with Crippen LogP contribution in [0.25, 0.3) is 11.3 Å². The van der Waals surface area contributed by atoms with Crippen molar-refractivity contribution in [2.45, 2.75) is 13.5 Å². The minimum atomic E-state index is 0.581. The van der Waals surface area contributed by atoms with Crippen molar-refractivity contribution in [3.8, 4) is 11.3 Å². The van der Waals surface area contributed by atoms with Crippen molar-refractivity contribution < 1.29 is 0 Å². The zero-order valence-corrected chi connectivity index (χ0v) is 8.84. The summed E-state index contributed by atoms with van der Waals surface area (Å²) in [7, 11) is 0. The second-order valence-corrected chi connectivity index (χ2v) is 3.95. The SMILES string of the molecule is Cc1ccc(CN)cc1-c1cscn1. The Morgan fingerprint density at radius 2 is 2.29 bits per heavy atom. The van der Waals surface area contributed by atoms with Crippen molar-refractivity contribution in [3.63, 3.8) is 0 Å². The lowest BCUT2D eigenvalue weighted by molar-refractivity contribution is 1.07. The maximum absolute atomic E-state index is 5.60. The molecule has 1 aromatic heterocycles. The summed E-state index contributed by atoms with van der Waals surface area (Å²) < 4.78 is 0. The van der Waals surface area contributed by atoms with E-state index in [0.717, 1.165) is 11.3 Å². The fourth-order valence-corrected chi connectivity index (χ4v) is 1.97. The normalized spacial score (nSPS) is 10.4. The highest BCUT2D eigenvalue weighted by atomic mass is 32.1. The van der Waals surface area contributed by atoms with Crippen LogP contribution in [-0.4, -0.2) is 4.98 Å². The largest absolute Gasteiger partial charge is 0.326 e. The summed E-state index contributed by atoms with van der Waals surface area (Å²) in [4.78, 5) is 4.30. The Balaban J connectivity index is 2.51. The Hall–Kier alpha value is -1.19. The van der Waals surface area contributed by atoms with Crippen LogP contribution in [0, 0.1) is 6.92 Å². The maximum atomic E-state index is 5.60. The number of nitrogens with zero attached hydrogens (tertiary/aromatic N) is 1. The van der Waals surface area contributed by atoms with Crippen molar-refractivity contribution in [1.29, 1.82) is 0 Å². The Morgan fingerprint density at radius 1 is 1.43 bits per heavy atom. The maximum Gasteiger partial charge on any atom is 0.0813 e. The van der Waals surface area contributed by atoms with E-state index in [-0.39, 0.29) is 0 Å². The zero-order valence-electron chi connectivity index (χ0n) is 8.03. The fourth-order valence-electron chi connectivity index (χ4n) is 1.42. The van der Waals surface area contributed by atoms with E-state index in [9.17, 15) is 0 Å². The molecule has 0 spiro atoms. The lowest BCUT2D eigenvalue weighted by Crippen LogP contribution is -1.97. The molecule has 2 aromatic rings. The van der Waals surface area contributed by atoms with Crippen molar-refractivity contribution in [1.82, 2.24) is 4.98 Å². The van der Waals surface area contributed by atoms with E-state index in [1.807, 2.05) is 5.51 Å². The van der Waals surface area contributed by atoms with Gasteiger partial charge in [0.1, 0.15) is 0 Å². The first-order chi connectivity index (χ1) is 6.81. The molecule has 3 heteroatoms. The van der Waals surface area contributed by atoms with Gasteiger partial charge >= 0.3 is 0 Å².